The van der Waals surface area contributed by atoms with Crippen LogP contribution in [0.5, 0.6) is 0 Å². The van der Waals surface area contributed by atoms with Crippen molar-refractivity contribution < 1.29 is 18.7 Å². The lowest BCUT2D eigenvalue weighted by Gasteiger charge is -2.11. The minimum absolute atomic E-state index is 0.0861. The van der Waals surface area contributed by atoms with Gasteiger partial charge in [0.25, 0.3) is 0 Å². The fraction of sp³-hybridized carbons (Fsp3) is 0. The Bertz CT molecular complexity index is 949. The van der Waals surface area contributed by atoms with Crippen LogP contribution in [-0.2, 0) is 0 Å². The predicted molar refractivity (Wildman–Crippen MR) is 74.2 cm³/mol. The molecule has 0 amide bonds. The highest BCUT2D eigenvalue weighted by Gasteiger charge is 2.16. The monoisotopic (exact) mass is 302 g/mol. The van der Waals surface area contributed by atoms with Crippen LogP contribution in [0.1, 0.15) is 10.4 Å². The Kier molecular flexibility index (Phi) is 3.17. The summed E-state index contributed by atoms with van der Waals surface area (Å²) in [6.45, 7) is 0. The van der Waals surface area contributed by atoms with Crippen molar-refractivity contribution in [3.63, 3.8) is 0 Å². The summed E-state index contributed by atoms with van der Waals surface area (Å²) >= 11 is 0. The van der Waals surface area contributed by atoms with E-state index in [0.717, 1.165) is 18.5 Å². The molecule has 1 aromatic carbocycles. The number of fused-ring (bicyclic) bond motifs is 1. The van der Waals surface area contributed by atoms with E-state index in [1.165, 1.54) is 28.8 Å². The Balaban J connectivity index is 2.43. The number of nitrogens with zero attached hydrogens (tertiary/aromatic N) is 2. The van der Waals surface area contributed by atoms with Crippen LogP contribution in [0.4, 0.5) is 8.78 Å². The van der Waals surface area contributed by atoms with Crippen molar-refractivity contribution in [3.8, 4) is 5.69 Å². The molecule has 7 heteroatoms. The quantitative estimate of drug-likeness (QED) is 0.789. The third-order valence-electron chi connectivity index (χ3n) is 3.14. The molecule has 3 aromatic rings. The summed E-state index contributed by atoms with van der Waals surface area (Å²) in [5.41, 5.74) is -0.867. The van der Waals surface area contributed by atoms with Crippen LogP contribution in [0.25, 0.3) is 16.7 Å². The van der Waals surface area contributed by atoms with Crippen molar-refractivity contribution in [2.75, 3.05) is 0 Å². The number of hydrogen-bond acceptors (Lipinski definition) is 3. The van der Waals surface area contributed by atoms with Gasteiger partial charge in [0.05, 0.1) is 11.6 Å². The lowest BCUT2D eigenvalue weighted by atomic mass is 10.2. The molecule has 2 heterocycles. The minimum Gasteiger partial charge on any atom is -0.477 e. The van der Waals surface area contributed by atoms with Gasteiger partial charge in [0.2, 0.25) is 5.43 Å². The number of benzene rings is 1. The molecule has 5 nitrogen and oxygen atoms in total. The number of aromatic carboxylic acids is 1. The van der Waals surface area contributed by atoms with Gasteiger partial charge >= 0.3 is 5.97 Å². The summed E-state index contributed by atoms with van der Waals surface area (Å²) in [6.07, 6.45) is 2.01. The molecule has 0 fully saturated rings. The lowest BCUT2D eigenvalue weighted by Crippen LogP contribution is -2.19. The van der Waals surface area contributed by atoms with E-state index >= 15 is 0 Å². The van der Waals surface area contributed by atoms with Crippen molar-refractivity contribution in [3.05, 3.63) is 70.1 Å². The van der Waals surface area contributed by atoms with Crippen LogP contribution < -0.4 is 5.43 Å². The van der Waals surface area contributed by atoms with E-state index < -0.39 is 28.6 Å². The summed E-state index contributed by atoms with van der Waals surface area (Å²) in [5.74, 6) is -2.66. The Hall–Kier alpha value is -3.09. The van der Waals surface area contributed by atoms with Crippen molar-refractivity contribution in [1.82, 2.24) is 9.55 Å². The third kappa shape index (κ3) is 2.22. The number of pyridine rings is 2. The van der Waals surface area contributed by atoms with E-state index in [1.807, 2.05) is 0 Å². The number of carbonyl (C=O) groups is 1. The van der Waals surface area contributed by atoms with Crippen molar-refractivity contribution in [2.45, 2.75) is 0 Å². The average Bonchev–Trinajstić information content (AvgIpc) is 2.49. The van der Waals surface area contributed by atoms with Gasteiger partial charge < -0.3 is 9.67 Å². The Morgan fingerprint density at radius 3 is 2.45 bits per heavy atom. The summed E-state index contributed by atoms with van der Waals surface area (Å²) in [5, 5.41) is 8.96. The van der Waals surface area contributed by atoms with Gasteiger partial charge in [-0.3, -0.25) is 4.79 Å². The van der Waals surface area contributed by atoms with E-state index in [0.29, 0.717) is 5.69 Å². The highest BCUT2D eigenvalue weighted by Crippen LogP contribution is 2.17. The molecule has 0 spiro atoms. The summed E-state index contributed by atoms with van der Waals surface area (Å²) in [6, 6.07) is 6.09. The topological polar surface area (TPSA) is 72.2 Å². The van der Waals surface area contributed by atoms with Gasteiger partial charge in [-0.25, -0.2) is 18.6 Å². The van der Waals surface area contributed by atoms with Gasteiger partial charge in [-0.05, 0) is 30.3 Å². The second kappa shape index (κ2) is 5.03. The van der Waals surface area contributed by atoms with Crippen LogP contribution in [0.2, 0.25) is 0 Å². The normalized spacial score (nSPS) is 10.8. The van der Waals surface area contributed by atoms with Crippen LogP contribution in [0, 0.1) is 11.6 Å². The largest absolute Gasteiger partial charge is 0.477 e. The van der Waals surface area contributed by atoms with Crippen LogP contribution in [-0.4, -0.2) is 20.6 Å². The van der Waals surface area contributed by atoms with Gasteiger partial charge in [-0.15, -0.1) is 0 Å². The summed E-state index contributed by atoms with van der Waals surface area (Å²) in [4.78, 5) is 27.1. The first-order chi connectivity index (χ1) is 10.5. The van der Waals surface area contributed by atoms with Crippen LogP contribution >= 0.6 is 0 Å². The number of carboxylic acids is 1. The molecule has 0 aliphatic heterocycles. The molecular weight excluding hydrogens is 294 g/mol. The molecule has 0 atom stereocenters. The van der Waals surface area contributed by atoms with Crippen molar-refractivity contribution >= 4 is 17.0 Å². The highest BCUT2D eigenvalue weighted by molar-refractivity contribution is 5.92. The maximum atomic E-state index is 13.3. The summed E-state index contributed by atoms with van der Waals surface area (Å²) < 4.78 is 27.7. The lowest BCUT2D eigenvalue weighted by molar-refractivity contribution is 0.0695. The molecule has 0 saturated carbocycles. The molecule has 0 bridgehead atoms. The van der Waals surface area contributed by atoms with Gasteiger partial charge in [-0.2, -0.15) is 0 Å². The number of halogens is 2. The third-order valence-corrected chi connectivity index (χ3v) is 3.14. The van der Waals surface area contributed by atoms with E-state index in [9.17, 15) is 18.4 Å². The molecule has 0 aliphatic rings. The standard InChI is InChI=1S/C15H8F2N2O3/c16-8-1-3-10(4-2-8)19-7-12(15(21)22)13(20)11-5-9(17)6-18-14(11)19/h1-7H,(H,21,22). The van der Waals surface area contributed by atoms with E-state index in [2.05, 4.69) is 4.98 Å². The number of hydrogen-bond donors (Lipinski definition) is 1. The van der Waals surface area contributed by atoms with E-state index in [1.54, 1.807) is 0 Å². The first kappa shape index (κ1) is 13.9. The number of carboxylic acid groups (broad SMARTS) is 1. The van der Waals surface area contributed by atoms with Crippen molar-refractivity contribution in [1.29, 1.82) is 0 Å². The van der Waals surface area contributed by atoms with Crippen LogP contribution in [0.3, 0.4) is 0 Å². The zero-order valence-corrected chi connectivity index (χ0v) is 11.0. The van der Waals surface area contributed by atoms with Gasteiger partial charge in [0, 0.05) is 11.9 Å². The molecule has 0 saturated heterocycles. The molecule has 22 heavy (non-hydrogen) atoms. The first-order valence-electron chi connectivity index (χ1n) is 6.17. The Morgan fingerprint density at radius 2 is 1.82 bits per heavy atom. The SMILES string of the molecule is O=C(O)c1cn(-c2ccc(F)cc2)c2ncc(F)cc2c1=O. The van der Waals surface area contributed by atoms with Crippen molar-refractivity contribution in [2.24, 2.45) is 0 Å². The van der Waals surface area contributed by atoms with Crippen LogP contribution in [0.15, 0.2) is 47.5 Å². The van der Waals surface area contributed by atoms with Gasteiger partial charge in [0.1, 0.15) is 22.8 Å². The zero-order valence-electron chi connectivity index (χ0n) is 11.0. The second-order valence-corrected chi connectivity index (χ2v) is 4.55. The second-order valence-electron chi connectivity index (χ2n) is 4.55. The fourth-order valence-corrected chi connectivity index (χ4v) is 2.14. The van der Waals surface area contributed by atoms with Gasteiger partial charge in [0.15, 0.2) is 0 Å². The Morgan fingerprint density at radius 1 is 1.14 bits per heavy atom. The zero-order chi connectivity index (χ0) is 15.9. The van der Waals surface area contributed by atoms with Gasteiger partial charge in [-0.1, -0.05) is 0 Å². The molecular formula is C15H8F2N2O3. The molecule has 3 rings (SSSR count). The predicted octanol–water partition coefficient (Wildman–Crippen LogP) is 2.36. The molecule has 2 aromatic heterocycles. The number of rotatable bonds is 2. The first-order valence-corrected chi connectivity index (χ1v) is 6.17. The molecule has 0 unspecified atom stereocenters. The molecule has 0 aliphatic carbocycles. The minimum atomic E-state index is -1.44. The van der Waals surface area contributed by atoms with E-state index in [4.69, 9.17) is 5.11 Å². The fourth-order valence-electron chi connectivity index (χ4n) is 2.14. The molecule has 1 N–H and O–H groups in total. The molecule has 110 valence electrons. The molecule has 0 radical (unpaired) electrons. The average molecular weight is 302 g/mol. The van der Waals surface area contributed by atoms with E-state index in [-0.39, 0.29) is 11.0 Å². The smallest absolute Gasteiger partial charge is 0.341 e. The highest BCUT2D eigenvalue weighted by atomic mass is 19.1. The maximum Gasteiger partial charge on any atom is 0.341 e. The maximum absolute atomic E-state index is 13.3. The Labute approximate surface area is 122 Å². The number of aromatic nitrogens is 2. The summed E-state index contributed by atoms with van der Waals surface area (Å²) in [7, 11) is 0.